The fourth-order valence-corrected chi connectivity index (χ4v) is 1.48. The molecule has 2 unspecified atom stereocenters. The predicted molar refractivity (Wildman–Crippen MR) is 65.7 cm³/mol. The molecule has 0 saturated heterocycles. The molecule has 0 spiro atoms. The first kappa shape index (κ1) is 17.9. The van der Waals surface area contributed by atoms with Gasteiger partial charge in [-0.3, -0.25) is 9.59 Å². The number of rotatable bonds is 5. The maximum absolute atomic E-state index is 12.8. The predicted octanol–water partition coefficient (Wildman–Crippen LogP) is 1.60. The van der Waals surface area contributed by atoms with E-state index in [2.05, 4.69) is 4.74 Å². The van der Waals surface area contributed by atoms with Crippen LogP contribution in [0.3, 0.4) is 0 Å². The van der Waals surface area contributed by atoms with E-state index in [1.54, 1.807) is 0 Å². The van der Waals surface area contributed by atoms with Crippen molar-refractivity contribution in [2.24, 2.45) is 5.73 Å². The van der Waals surface area contributed by atoms with Gasteiger partial charge in [-0.15, -0.1) is 0 Å². The maximum Gasteiger partial charge on any atom is 0.417 e. The topological polar surface area (TPSA) is 89.6 Å². The number of nitrogens with two attached hydrogens (primary N) is 1. The average molecular weight is 323 g/mol. The highest BCUT2D eigenvalue weighted by Gasteiger charge is 2.51. The smallest absolute Gasteiger partial charge is 0.417 e. The highest BCUT2D eigenvalue weighted by Crippen LogP contribution is 2.33. The Morgan fingerprint density at radius 2 is 1.77 bits per heavy atom. The molecule has 0 radical (unpaired) electrons. The molecule has 0 aliphatic carbocycles. The summed E-state index contributed by atoms with van der Waals surface area (Å²) in [6.45, 7) is 0.394. The average Bonchev–Trinajstić information content (AvgIpc) is 2.35. The van der Waals surface area contributed by atoms with E-state index in [0.717, 1.165) is 24.3 Å². The summed E-state index contributed by atoms with van der Waals surface area (Å²) < 4.78 is 54.8. The Labute approximate surface area is 122 Å². The second-order valence-corrected chi connectivity index (χ2v) is 4.77. The first-order valence-electron chi connectivity index (χ1n) is 5.97. The molecule has 22 heavy (non-hydrogen) atoms. The van der Waals surface area contributed by atoms with Gasteiger partial charge in [0, 0.05) is 5.56 Å². The van der Waals surface area contributed by atoms with Crippen LogP contribution in [0.2, 0.25) is 0 Å². The van der Waals surface area contributed by atoms with Crippen molar-refractivity contribution in [2.75, 3.05) is 0 Å². The molecular formula is C13H13F4NO4. The van der Waals surface area contributed by atoms with Gasteiger partial charge in [0.2, 0.25) is 6.10 Å². The Kier molecular flexibility index (Phi) is 5.13. The van der Waals surface area contributed by atoms with Crippen LogP contribution in [0.25, 0.3) is 0 Å². The van der Waals surface area contributed by atoms with Gasteiger partial charge >= 0.3 is 12.1 Å². The van der Waals surface area contributed by atoms with Gasteiger partial charge in [0.1, 0.15) is 5.82 Å². The molecule has 0 aliphatic rings. The normalized spacial score (nSPS) is 15.7. The molecule has 5 nitrogen and oxygen atoms in total. The second kappa shape index (κ2) is 6.30. The lowest BCUT2D eigenvalue weighted by Gasteiger charge is -2.26. The zero-order valence-corrected chi connectivity index (χ0v) is 11.4. The van der Waals surface area contributed by atoms with Crippen molar-refractivity contribution in [2.45, 2.75) is 31.2 Å². The zero-order valence-electron chi connectivity index (χ0n) is 11.4. The van der Waals surface area contributed by atoms with E-state index in [1.807, 2.05) is 0 Å². The van der Waals surface area contributed by atoms with E-state index < -0.39 is 42.0 Å². The molecule has 0 bridgehead atoms. The minimum absolute atomic E-state index is 0.00565. The van der Waals surface area contributed by atoms with Crippen molar-refractivity contribution in [1.82, 2.24) is 0 Å². The summed E-state index contributed by atoms with van der Waals surface area (Å²) in [6, 6.07) is 4.12. The molecule has 1 rings (SSSR count). The molecule has 122 valence electrons. The van der Waals surface area contributed by atoms with E-state index in [1.165, 1.54) is 0 Å². The minimum atomic E-state index is -5.05. The first-order chi connectivity index (χ1) is 9.94. The van der Waals surface area contributed by atoms with E-state index in [4.69, 9.17) is 5.73 Å². The van der Waals surface area contributed by atoms with Crippen molar-refractivity contribution >= 4 is 11.9 Å². The van der Waals surface area contributed by atoms with Crippen LogP contribution in [0.4, 0.5) is 17.6 Å². The number of hydrogen-bond acceptors (Lipinski definition) is 4. The van der Waals surface area contributed by atoms with E-state index >= 15 is 0 Å². The highest BCUT2D eigenvalue weighted by molar-refractivity contribution is 5.83. The number of primary amides is 1. The fourth-order valence-electron chi connectivity index (χ4n) is 1.48. The van der Waals surface area contributed by atoms with Crippen LogP contribution in [0.1, 0.15) is 25.0 Å². The molecule has 9 heteroatoms. The third-order valence-electron chi connectivity index (χ3n) is 2.78. The summed E-state index contributed by atoms with van der Waals surface area (Å²) in [5.74, 6) is -3.25. The summed E-state index contributed by atoms with van der Waals surface area (Å²) in [4.78, 5) is 22.7. The number of alkyl halides is 3. The molecule has 3 N–H and O–H groups in total. The molecule has 2 atom stereocenters. The van der Waals surface area contributed by atoms with Crippen molar-refractivity contribution in [3.8, 4) is 0 Å². The molecule has 1 amide bonds. The van der Waals surface area contributed by atoms with Crippen LogP contribution >= 0.6 is 0 Å². The molecule has 0 aliphatic heterocycles. The molecule has 0 fully saturated rings. The van der Waals surface area contributed by atoms with Crippen LogP contribution in [0.15, 0.2) is 24.3 Å². The second-order valence-electron chi connectivity index (χ2n) is 4.77. The van der Waals surface area contributed by atoms with Gasteiger partial charge in [-0.2, -0.15) is 13.2 Å². The number of halogens is 4. The lowest BCUT2D eigenvalue weighted by atomic mass is 10.0. The molecule has 0 saturated carbocycles. The van der Waals surface area contributed by atoms with Gasteiger partial charge in [-0.25, -0.2) is 4.39 Å². The molecule has 1 aromatic carbocycles. The van der Waals surface area contributed by atoms with Crippen LogP contribution in [-0.2, 0) is 14.3 Å². The lowest BCUT2D eigenvalue weighted by Crippen LogP contribution is -2.44. The number of amides is 1. The van der Waals surface area contributed by atoms with E-state index in [0.29, 0.717) is 6.92 Å². The molecule has 0 heterocycles. The number of esters is 1. The molecule has 0 aromatic heterocycles. The standard InChI is InChI=1S/C13H13F4NO4/c1-12(21,13(15,16)17)6-9(19)22-10(11(18)20)7-2-4-8(14)5-3-7/h2-5,10,21H,6H2,1H3,(H2,18,20). The number of carbonyl (C=O) groups excluding carboxylic acids is 2. The number of hydrogen-bond donors (Lipinski definition) is 2. The van der Waals surface area contributed by atoms with Crippen molar-refractivity contribution in [3.63, 3.8) is 0 Å². The zero-order chi connectivity index (χ0) is 17.1. The summed E-state index contributed by atoms with van der Waals surface area (Å²) in [7, 11) is 0. The summed E-state index contributed by atoms with van der Waals surface area (Å²) in [5, 5.41) is 9.19. The fraction of sp³-hybridized carbons (Fsp3) is 0.385. The Bertz CT molecular complexity index is 554. The summed E-state index contributed by atoms with van der Waals surface area (Å²) in [6.07, 6.45) is -8.15. The van der Waals surface area contributed by atoms with Crippen molar-refractivity contribution in [3.05, 3.63) is 35.6 Å². The van der Waals surface area contributed by atoms with Gasteiger partial charge in [0.15, 0.2) is 5.60 Å². The van der Waals surface area contributed by atoms with Gasteiger partial charge < -0.3 is 15.6 Å². The SMILES string of the molecule is CC(O)(CC(=O)OC(C(N)=O)c1ccc(F)cc1)C(F)(F)F. The largest absolute Gasteiger partial charge is 0.447 e. The minimum Gasteiger partial charge on any atom is -0.447 e. The third-order valence-corrected chi connectivity index (χ3v) is 2.78. The summed E-state index contributed by atoms with van der Waals surface area (Å²) >= 11 is 0. The Hall–Kier alpha value is -2.16. The lowest BCUT2D eigenvalue weighted by molar-refractivity contribution is -0.256. The van der Waals surface area contributed by atoms with E-state index in [9.17, 15) is 32.3 Å². The van der Waals surface area contributed by atoms with Crippen LogP contribution in [0.5, 0.6) is 0 Å². The van der Waals surface area contributed by atoms with Gasteiger partial charge in [0.25, 0.3) is 5.91 Å². The van der Waals surface area contributed by atoms with Crippen molar-refractivity contribution in [1.29, 1.82) is 0 Å². The van der Waals surface area contributed by atoms with E-state index in [-0.39, 0.29) is 5.56 Å². The monoisotopic (exact) mass is 323 g/mol. The summed E-state index contributed by atoms with van der Waals surface area (Å²) in [5.41, 5.74) is 1.69. The first-order valence-corrected chi connectivity index (χ1v) is 5.97. The van der Waals surface area contributed by atoms with Crippen molar-refractivity contribution < 1.29 is 37.0 Å². The third kappa shape index (κ3) is 4.42. The Morgan fingerprint density at radius 3 is 2.18 bits per heavy atom. The maximum atomic E-state index is 12.8. The Morgan fingerprint density at radius 1 is 1.27 bits per heavy atom. The van der Waals surface area contributed by atoms with Gasteiger partial charge in [-0.05, 0) is 19.1 Å². The number of aliphatic hydroxyl groups is 1. The molecular weight excluding hydrogens is 310 g/mol. The quantitative estimate of drug-likeness (QED) is 0.636. The van der Waals surface area contributed by atoms with Crippen LogP contribution in [-0.4, -0.2) is 28.8 Å². The Balaban J connectivity index is 2.86. The van der Waals surface area contributed by atoms with Crippen LogP contribution in [0, 0.1) is 5.82 Å². The van der Waals surface area contributed by atoms with Crippen LogP contribution < -0.4 is 5.73 Å². The van der Waals surface area contributed by atoms with Gasteiger partial charge in [0.05, 0.1) is 6.42 Å². The number of carbonyl (C=O) groups is 2. The number of ether oxygens (including phenoxy) is 1. The van der Waals surface area contributed by atoms with Gasteiger partial charge in [-0.1, -0.05) is 12.1 Å². The molecule has 1 aromatic rings. The highest BCUT2D eigenvalue weighted by atomic mass is 19.4. The number of benzene rings is 1.